The highest BCUT2D eigenvalue weighted by Gasteiger charge is 2.20. The summed E-state index contributed by atoms with van der Waals surface area (Å²) in [6.45, 7) is 2.77. The van der Waals surface area contributed by atoms with Crippen molar-refractivity contribution in [1.29, 1.82) is 0 Å². The molecule has 6 aromatic rings. The van der Waals surface area contributed by atoms with E-state index in [2.05, 4.69) is 10.6 Å². The lowest BCUT2D eigenvalue weighted by Crippen LogP contribution is -2.16. The number of amides is 2. The van der Waals surface area contributed by atoms with Crippen LogP contribution in [0.4, 0.5) is 22.7 Å². The third-order valence-electron chi connectivity index (χ3n) is 8.08. The van der Waals surface area contributed by atoms with Crippen LogP contribution >= 0.6 is 0 Å². The molecule has 0 unspecified atom stereocenters. The first-order valence-electron chi connectivity index (χ1n) is 16.2. The van der Waals surface area contributed by atoms with E-state index in [0.29, 0.717) is 56.9 Å². The van der Waals surface area contributed by atoms with Crippen LogP contribution in [0.1, 0.15) is 55.3 Å². The van der Waals surface area contributed by atoms with Crippen molar-refractivity contribution in [1.82, 2.24) is 0 Å². The average molecular weight is 691 g/mol. The van der Waals surface area contributed by atoms with Gasteiger partial charge in [-0.05, 0) is 134 Å². The molecule has 52 heavy (non-hydrogen) atoms. The molecule has 0 aliphatic heterocycles. The number of nitrogens with two attached hydrogens (primary N) is 2. The molecule has 6 N–H and O–H groups in total. The number of nitrogens with one attached hydrogen (secondary N) is 2. The summed E-state index contributed by atoms with van der Waals surface area (Å²) in [5, 5.41) is 5.69. The summed E-state index contributed by atoms with van der Waals surface area (Å²) >= 11 is 0. The van der Waals surface area contributed by atoms with E-state index in [-0.39, 0.29) is 33.8 Å². The highest BCUT2D eigenvalue weighted by Crippen LogP contribution is 2.29. The molecule has 2 amide bonds. The molecule has 0 saturated heterocycles. The lowest BCUT2D eigenvalue weighted by Gasteiger charge is -2.14. The van der Waals surface area contributed by atoms with Crippen LogP contribution in [0.25, 0.3) is 11.1 Å². The number of hydrogen-bond acceptors (Lipinski definition) is 8. The van der Waals surface area contributed by atoms with Crippen molar-refractivity contribution < 1.29 is 28.7 Å². The van der Waals surface area contributed by atoms with E-state index >= 15 is 0 Å². The van der Waals surface area contributed by atoms with Crippen LogP contribution in [0, 0.1) is 0 Å². The molecule has 0 spiro atoms. The van der Waals surface area contributed by atoms with Crippen molar-refractivity contribution in [3.8, 4) is 34.1 Å². The molecular formula is C42H34N4O6. The van der Waals surface area contributed by atoms with E-state index in [4.69, 9.17) is 20.9 Å². The van der Waals surface area contributed by atoms with Gasteiger partial charge in [0.25, 0.3) is 11.8 Å². The smallest absolute Gasteiger partial charge is 0.256 e. The van der Waals surface area contributed by atoms with E-state index in [9.17, 15) is 19.2 Å². The Bertz CT molecular complexity index is 2120. The predicted molar refractivity (Wildman–Crippen MR) is 203 cm³/mol. The van der Waals surface area contributed by atoms with E-state index in [1.807, 2.05) is 0 Å². The highest BCUT2D eigenvalue weighted by atomic mass is 16.5. The Morgan fingerprint density at radius 2 is 0.731 bits per heavy atom. The number of hydrogen-bond donors (Lipinski definition) is 4. The topological polar surface area (TPSA) is 163 Å². The summed E-state index contributed by atoms with van der Waals surface area (Å²) in [6.07, 6.45) is 0. The Kier molecular flexibility index (Phi) is 10.1. The van der Waals surface area contributed by atoms with Gasteiger partial charge in [0.15, 0.2) is 11.6 Å². The average Bonchev–Trinajstić information content (AvgIpc) is 3.14. The van der Waals surface area contributed by atoms with Gasteiger partial charge in [0, 0.05) is 33.9 Å². The zero-order chi connectivity index (χ0) is 36.8. The van der Waals surface area contributed by atoms with Gasteiger partial charge in [-0.25, -0.2) is 0 Å². The first kappa shape index (κ1) is 34.7. The fourth-order valence-electron chi connectivity index (χ4n) is 5.39. The quantitative estimate of drug-likeness (QED) is 0.0773. The lowest BCUT2D eigenvalue weighted by molar-refractivity contribution is 0.0985. The molecule has 6 rings (SSSR count). The van der Waals surface area contributed by atoms with Crippen LogP contribution in [0.5, 0.6) is 23.0 Å². The Hall–Kier alpha value is -7.20. The zero-order valence-corrected chi connectivity index (χ0v) is 28.3. The molecule has 0 bridgehead atoms. The fraction of sp³-hybridized carbons (Fsp3) is 0.0476. The standard InChI is InChI=1S/C42H34N4O6/c1-25(47)37-21-3-27(23-39(37)41(49)45-31-9-17-35(18-10-31)51-33-13-5-29(43)6-14-33)28-4-22-38(26(2)48)40(24-28)42(50)46-32-11-19-36(20-12-32)52-34-15-7-30(44)8-16-34/h3-24H,43-44H2,1-2H3,(H,45,49)(H,46,50). The fourth-order valence-corrected chi connectivity index (χ4v) is 5.39. The monoisotopic (exact) mass is 690 g/mol. The summed E-state index contributed by atoms with van der Waals surface area (Å²) in [5.41, 5.74) is 15.6. The molecule has 10 heteroatoms. The summed E-state index contributed by atoms with van der Waals surface area (Å²) in [5.74, 6) is 0.762. The van der Waals surface area contributed by atoms with Crippen molar-refractivity contribution in [3.05, 3.63) is 156 Å². The van der Waals surface area contributed by atoms with Gasteiger partial charge in [-0.1, -0.05) is 24.3 Å². The van der Waals surface area contributed by atoms with E-state index in [1.54, 1.807) is 133 Å². The number of benzene rings is 6. The lowest BCUT2D eigenvalue weighted by atomic mass is 9.93. The molecule has 0 radical (unpaired) electrons. The molecule has 0 fully saturated rings. The van der Waals surface area contributed by atoms with Crippen molar-refractivity contribution >= 4 is 46.1 Å². The number of ketones is 2. The second-order valence-corrected chi connectivity index (χ2v) is 11.9. The molecule has 0 atom stereocenters. The molecule has 10 nitrogen and oxygen atoms in total. The van der Waals surface area contributed by atoms with Gasteiger partial charge >= 0.3 is 0 Å². The highest BCUT2D eigenvalue weighted by molar-refractivity contribution is 6.14. The van der Waals surface area contributed by atoms with Gasteiger partial charge < -0.3 is 31.6 Å². The molecule has 0 aromatic heterocycles. The third kappa shape index (κ3) is 8.32. The van der Waals surface area contributed by atoms with Crippen LogP contribution in [0.3, 0.4) is 0 Å². The van der Waals surface area contributed by atoms with Gasteiger partial charge in [0.05, 0.1) is 11.1 Å². The Labute approximate surface area is 300 Å². The number of nitrogen functional groups attached to an aromatic ring is 2. The number of rotatable bonds is 11. The van der Waals surface area contributed by atoms with Crippen LogP contribution in [-0.4, -0.2) is 23.4 Å². The normalized spacial score (nSPS) is 10.6. The van der Waals surface area contributed by atoms with E-state index in [1.165, 1.54) is 13.8 Å². The molecule has 0 saturated carbocycles. The van der Waals surface area contributed by atoms with Gasteiger partial charge in [-0.3, -0.25) is 19.2 Å². The maximum absolute atomic E-state index is 13.6. The number of ether oxygens (including phenoxy) is 2. The van der Waals surface area contributed by atoms with E-state index < -0.39 is 11.8 Å². The number of Topliss-reactive ketones (excluding diaryl/α,β-unsaturated/α-hetero) is 2. The number of anilines is 4. The van der Waals surface area contributed by atoms with Crippen molar-refractivity contribution in [2.75, 3.05) is 22.1 Å². The molecular weight excluding hydrogens is 656 g/mol. The molecule has 258 valence electrons. The minimum absolute atomic E-state index is 0.148. The predicted octanol–water partition coefficient (Wildman–Crippen LogP) is 9.01. The largest absolute Gasteiger partial charge is 0.457 e. The van der Waals surface area contributed by atoms with E-state index in [0.717, 1.165) is 0 Å². The SMILES string of the molecule is CC(=O)c1ccc(-c2ccc(C(C)=O)c(C(=O)Nc3ccc(Oc4ccc(N)cc4)cc3)c2)cc1C(=O)Nc1ccc(Oc2ccc(N)cc2)cc1. The number of carbonyl (C=O) groups is 4. The molecule has 6 aromatic carbocycles. The van der Waals surface area contributed by atoms with Crippen LogP contribution in [0.2, 0.25) is 0 Å². The third-order valence-corrected chi connectivity index (χ3v) is 8.08. The van der Waals surface area contributed by atoms with Gasteiger partial charge in [-0.15, -0.1) is 0 Å². The van der Waals surface area contributed by atoms with Gasteiger partial charge in [0.1, 0.15) is 23.0 Å². The van der Waals surface area contributed by atoms with Gasteiger partial charge in [0.2, 0.25) is 0 Å². The summed E-state index contributed by atoms with van der Waals surface area (Å²) in [4.78, 5) is 52.3. The maximum Gasteiger partial charge on any atom is 0.256 e. The zero-order valence-electron chi connectivity index (χ0n) is 28.3. The Morgan fingerprint density at radius 1 is 0.423 bits per heavy atom. The van der Waals surface area contributed by atoms with Crippen LogP contribution in [0.15, 0.2) is 133 Å². The Morgan fingerprint density at radius 3 is 1.04 bits per heavy atom. The number of carbonyl (C=O) groups excluding carboxylic acids is 4. The first-order chi connectivity index (χ1) is 25.0. The van der Waals surface area contributed by atoms with Crippen LogP contribution in [-0.2, 0) is 0 Å². The maximum atomic E-state index is 13.6. The van der Waals surface area contributed by atoms with Crippen molar-refractivity contribution in [3.63, 3.8) is 0 Å². The van der Waals surface area contributed by atoms with Crippen molar-refractivity contribution in [2.45, 2.75) is 13.8 Å². The summed E-state index contributed by atoms with van der Waals surface area (Å²) < 4.78 is 11.7. The van der Waals surface area contributed by atoms with Crippen molar-refractivity contribution in [2.24, 2.45) is 0 Å². The van der Waals surface area contributed by atoms with Crippen LogP contribution < -0.4 is 31.6 Å². The second kappa shape index (κ2) is 15.1. The molecule has 0 aliphatic carbocycles. The summed E-state index contributed by atoms with van der Waals surface area (Å²) in [6, 6.07) is 37.3. The minimum atomic E-state index is -0.499. The molecule has 0 heterocycles. The Balaban J connectivity index is 1.21. The minimum Gasteiger partial charge on any atom is -0.457 e. The first-order valence-corrected chi connectivity index (χ1v) is 16.2. The molecule has 0 aliphatic rings. The second-order valence-electron chi connectivity index (χ2n) is 11.9. The summed E-state index contributed by atoms with van der Waals surface area (Å²) in [7, 11) is 0. The van der Waals surface area contributed by atoms with Gasteiger partial charge in [-0.2, -0.15) is 0 Å².